The predicted molar refractivity (Wildman–Crippen MR) is 117 cm³/mol. The SMILES string of the molecule is COc1ccccc1-c1n[nH]c(=S)n1NCc1ccc(-c2cc(Cl)ccc2Cl)o1. The lowest BCUT2D eigenvalue weighted by atomic mass is 10.2. The second-order valence-electron chi connectivity index (χ2n) is 6.11. The maximum atomic E-state index is 6.26. The van der Waals surface area contributed by atoms with Crippen LogP contribution in [0.25, 0.3) is 22.7 Å². The smallest absolute Gasteiger partial charge is 0.214 e. The van der Waals surface area contributed by atoms with Gasteiger partial charge in [0.2, 0.25) is 4.77 Å². The molecule has 2 N–H and O–H groups in total. The maximum Gasteiger partial charge on any atom is 0.214 e. The zero-order valence-electron chi connectivity index (χ0n) is 15.3. The van der Waals surface area contributed by atoms with E-state index in [1.807, 2.05) is 36.4 Å². The van der Waals surface area contributed by atoms with Crippen LogP contribution in [0.3, 0.4) is 0 Å². The van der Waals surface area contributed by atoms with Crippen molar-refractivity contribution in [1.29, 1.82) is 0 Å². The molecule has 0 bridgehead atoms. The van der Waals surface area contributed by atoms with Crippen molar-refractivity contribution in [3.8, 4) is 28.5 Å². The Hall–Kier alpha value is -2.74. The summed E-state index contributed by atoms with van der Waals surface area (Å²) in [6.07, 6.45) is 0. The van der Waals surface area contributed by atoms with Crippen molar-refractivity contribution < 1.29 is 9.15 Å². The zero-order valence-corrected chi connectivity index (χ0v) is 17.6. The number of rotatable bonds is 6. The van der Waals surface area contributed by atoms with Crippen molar-refractivity contribution in [2.75, 3.05) is 12.5 Å². The highest BCUT2D eigenvalue weighted by Gasteiger charge is 2.14. The summed E-state index contributed by atoms with van der Waals surface area (Å²) >= 11 is 17.7. The van der Waals surface area contributed by atoms with Crippen LogP contribution in [0, 0.1) is 4.77 Å². The molecule has 0 amide bonds. The number of methoxy groups -OCH3 is 1. The molecule has 148 valence electrons. The first-order valence-corrected chi connectivity index (χ1v) is 9.82. The molecule has 29 heavy (non-hydrogen) atoms. The van der Waals surface area contributed by atoms with Gasteiger partial charge < -0.3 is 14.6 Å². The Labute approximate surface area is 182 Å². The minimum atomic E-state index is 0.383. The molecule has 0 aliphatic rings. The van der Waals surface area contributed by atoms with Gasteiger partial charge in [0.25, 0.3) is 0 Å². The first-order chi connectivity index (χ1) is 14.1. The number of aromatic nitrogens is 3. The number of halogens is 2. The molecule has 0 spiro atoms. The molecular formula is C20H16Cl2N4O2S. The first-order valence-electron chi connectivity index (χ1n) is 8.65. The largest absolute Gasteiger partial charge is 0.496 e. The zero-order chi connectivity index (χ0) is 20.4. The van der Waals surface area contributed by atoms with Gasteiger partial charge in [0, 0.05) is 10.6 Å². The number of H-pyrrole nitrogens is 1. The monoisotopic (exact) mass is 446 g/mol. The summed E-state index contributed by atoms with van der Waals surface area (Å²) < 4.78 is 13.5. The van der Waals surface area contributed by atoms with E-state index in [4.69, 9.17) is 44.6 Å². The third kappa shape index (κ3) is 4.03. The molecule has 0 aliphatic heterocycles. The minimum Gasteiger partial charge on any atom is -0.496 e. The molecule has 2 heterocycles. The number of hydrogen-bond acceptors (Lipinski definition) is 5. The lowest BCUT2D eigenvalue weighted by Crippen LogP contribution is -2.15. The number of nitrogens with zero attached hydrogens (tertiary/aromatic N) is 2. The second-order valence-corrected chi connectivity index (χ2v) is 7.34. The number of ether oxygens (including phenoxy) is 1. The Kier molecular flexibility index (Phi) is 5.62. The molecule has 0 unspecified atom stereocenters. The molecular weight excluding hydrogens is 431 g/mol. The molecule has 4 rings (SSSR count). The van der Waals surface area contributed by atoms with Crippen molar-refractivity contribution in [2.45, 2.75) is 6.54 Å². The van der Waals surface area contributed by atoms with Crippen molar-refractivity contribution in [3.05, 3.63) is 75.2 Å². The van der Waals surface area contributed by atoms with E-state index in [0.717, 1.165) is 11.1 Å². The number of nitrogens with one attached hydrogen (secondary N) is 2. The minimum absolute atomic E-state index is 0.383. The van der Waals surface area contributed by atoms with Crippen LogP contribution in [0.5, 0.6) is 5.75 Å². The third-order valence-electron chi connectivity index (χ3n) is 4.29. The summed E-state index contributed by atoms with van der Waals surface area (Å²) in [6, 6.07) is 16.5. The van der Waals surface area contributed by atoms with E-state index < -0.39 is 0 Å². The van der Waals surface area contributed by atoms with Crippen LogP contribution < -0.4 is 10.2 Å². The number of aromatic amines is 1. The highest BCUT2D eigenvalue weighted by Crippen LogP contribution is 2.32. The number of para-hydroxylation sites is 1. The van der Waals surface area contributed by atoms with E-state index in [1.165, 1.54) is 0 Å². The van der Waals surface area contributed by atoms with Gasteiger partial charge in [-0.15, -0.1) is 0 Å². The summed E-state index contributed by atoms with van der Waals surface area (Å²) in [5, 5.41) is 8.28. The van der Waals surface area contributed by atoms with E-state index in [-0.39, 0.29) is 0 Å². The van der Waals surface area contributed by atoms with Crippen LogP contribution in [0.15, 0.2) is 59.0 Å². The van der Waals surface area contributed by atoms with Crippen LogP contribution in [-0.2, 0) is 6.54 Å². The normalized spacial score (nSPS) is 10.9. The molecule has 0 fully saturated rings. The van der Waals surface area contributed by atoms with Crippen molar-refractivity contribution in [2.24, 2.45) is 0 Å². The number of benzene rings is 2. The lowest BCUT2D eigenvalue weighted by Gasteiger charge is -2.11. The molecule has 0 radical (unpaired) electrons. The molecule has 2 aromatic heterocycles. The van der Waals surface area contributed by atoms with Crippen molar-refractivity contribution in [1.82, 2.24) is 14.9 Å². The molecule has 9 heteroatoms. The van der Waals surface area contributed by atoms with Gasteiger partial charge >= 0.3 is 0 Å². The Morgan fingerprint density at radius 1 is 1.14 bits per heavy atom. The number of furan rings is 1. The Morgan fingerprint density at radius 2 is 1.97 bits per heavy atom. The fourth-order valence-electron chi connectivity index (χ4n) is 2.91. The molecule has 4 aromatic rings. The standard InChI is InChI=1S/C20H16Cl2N4O2S/c1-27-17-5-3-2-4-14(17)19-24-25-20(29)26(19)23-11-13-7-9-18(28-13)15-10-12(21)6-8-16(15)22/h2-10,23H,11H2,1H3,(H,25,29). The van der Waals surface area contributed by atoms with Crippen molar-refractivity contribution >= 4 is 35.4 Å². The molecule has 0 atom stereocenters. The summed E-state index contributed by atoms with van der Waals surface area (Å²) in [5.41, 5.74) is 4.77. The van der Waals surface area contributed by atoms with Crippen LogP contribution in [0.1, 0.15) is 5.76 Å². The molecule has 6 nitrogen and oxygen atoms in total. The number of hydrogen-bond donors (Lipinski definition) is 2. The van der Waals surface area contributed by atoms with Crippen LogP contribution in [0.2, 0.25) is 10.0 Å². The Bertz CT molecular complexity index is 1220. The summed E-state index contributed by atoms with van der Waals surface area (Å²) in [6.45, 7) is 0.383. The van der Waals surface area contributed by atoms with Gasteiger partial charge in [0.05, 0.1) is 24.2 Å². The van der Waals surface area contributed by atoms with E-state index >= 15 is 0 Å². The van der Waals surface area contributed by atoms with Gasteiger partial charge in [-0.25, -0.2) is 9.77 Å². The topological polar surface area (TPSA) is 68.0 Å². The third-order valence-corrected chi connectivity index (χ3v) is 5.13. The lowest BCUT2D eigenvalue weighted by molar-refractivity contribution is 0.416. The summed E-state index contributed by atoms with van der Waals surface area (Å²) in [4.78, 5) is 0. The first kappa shape index (κ1) is 19.6. The van der Waals surface area contributed by atoms with E-state index in [1.54, 1.807) is 30.0 Å². The van der Waals surface area contributed by atoms with Crippen molar-refractivity contribution in [3.63, 3.8) is 0 Å². The molecule has 2 aromatic carbocycles. The van der Waals surface area contributed by atoms with E-state index in [9.17, 15) is 0 Å². The van der Waals surface area contributed by atoms with Crippen LogP contribution in [0.4, 0.5) is 0 Å². The molecule has 0 saturated heterocycles. The Balaban J connectivity index is 1.58. The summed E-state index contributed by atoms with van der Waals surface area (Å²) in [5.74, 6) is 2.64. The predicted octanol–water partition coefficient (Wildman–Crippen LogP) is 5.93. The van der Waals surface area contributed by atoms with Gasteiger partial charge in [-0.2, -0.15) is 5.10 Å². The average Bonchev–Trinajstić information content (AvgIpc) is 3.34. The van der Waals surface area contributed by atoms with E-state index in [2.05, 4.69) is 15.6 Å². The van der Waals surface area contributed by atoms with Crippen LogP contribution >= 0.6 is 35.4 Å². The molecule has 0 saturated carbocycles. The summed E-state index contributed by atoms with van der Waals surface area (Å²) in [7, 11) is 1.61. The van der Waals surface area contributed by atoms with Gasteiger partial charge in [0.1, 0.15) is 17.3 Å². The highest BCUT2D eigenvalue weighted by atomic mass is 35.5. The van der Waals surface area contributed by atoms with E-state index in [0.29, 0.717) is 44.5 Å². The fraction of sp³-hybridized carbons (Fsp3) is 0.100. The average molecular weight is 447 g/mol. The van der Waals surface area contributed by atoms with Crippen LogP contribution in [-0.4, -0.2) is 22.0 Å². The fourth-order valence-corrected chi connectivity index (χ4v) is 3.49. The van der Waals surface area contributed by atoms with Gasteiger partial charge in [-0.1, -0.05) is 35.3 Å². The Morgan fingerprint density at radius 3 is 2.79 bits per heavy atom. The van der Waals surface area contributed by atoms with Gasteiger partial charge in [-0.3, -0.25) is 0 Å². The second kappa shape index (κ2) is 8.32. The maximum absolute atomic E-state index is 6.26. The quantitative estimate of drug-likeness (QED) is 0.359. The van der Waals surface area contributed by atoms with Gasteiger partial charge in [0.15, 0.2) is 5.82 Å². The van der Waals surface area contributed by atoms with Gasteiger partial charge in [-0.05, 0) is 54.7 Å². The highest BCUT2D eigenvalue weighted by molar-refractivity contribution is 7.71. The molecule has 0 aliphatic carbocycles.